The van der Waals surface area contributed by atoms with Crippen LogP contribution in [0, 0.1) is 28.4 Å². The first kappa shape index (κ1) is 28.6. The fraction of sp³-hybridized carbons (Fsp3) is 0.207. The number of anilines is 4. The molecule has 0 saturated heterocycles. The molecule has 0 fully saturated rings. The summed E-state index contributed by atoms with van der Waals surface area (Å²) >= 11 is 12.6. The molecule has 3 aromatic carbocycles. The molecule has 1 atom stereocenters. The number of nitrogens with one attached hydrogen (secondary N) is 2. The maximum atomic E-state index is 12.1. The van der Waals surface area contributed by atoms with Crippen molar-refractivity contribution in [3.63, 3.8) is 0 Å². The molecule has 0 amide bonds. The van der Waals surface area contributed by atoms with Gasteiger partial charge < -0.3 is 15.4 Å². The Bertz CT molecular complexity index is 1540. The number of unbranched alkanes of at least 4 members (excludes halogenated alkanes) is 1. The van der Waals surface area contributed by atoms with Crippen molar-refractivity contribution in [3.8, 4) is 11.8 Å². The number of ether oxygens (including phenoxy) is 1. The van der Waals surface area contributed by atoms with Crippen LogP contribution in [-0.2, 0) is 0 Å². The molecule has 0 radical (unpaired) electrons. The lowest BCUT2D eigenvalue weighted by atomic mass is 9.91. The zero-order valence-electron chi connectivity index (χ0n) is 21.8. The molecule has 2 N–H and O–H groups in total. The smallest absolute Gasteiger partial charge is 0.353 e. The van der Waals surface area contributed by atoms with Crippen LogP contribution in [0.25, 0.3) is 0 Å². The van der Waals surface area contributed by atoms with E-state index in [0.29, 0.717) is 39.3 Å². The first-order valence-corrected chi connectivity index (χ1v) is 13.3. The lowest BCUT2D eigenvalue weighted by Gasteiger charge is -2.17. The summed E-state index contributed by atoms with van der Waals surface area (Å²) in [6, 6.07) is 19.8. The third-order valence-corrected chi connectivity index (χ3v) is 6.71. The van der Waals surface area contributed by atoms with Crippen molar-refractivity contribution in [3.05, 3.63) is 104 Å². The first-order chi connectivity index (χ1) is 19.3. The quantitative estimate of drug-likeness (QED) is 0.104. The van der Waals surface area contributed by atoms with Crippen molar-refractivity contribution in [2.24, 2.45) is 0 Å². The van der Waals surface area contributed by atoms with E-state index in [1.165, 1.54) is 6.33 Å². The van der Waals surface area contributed by atoms with Gasteiger partial charge in [0.1, 0.15) is 12.1 Å². The monoisotopic (exact) mass is 576 g/mol. The van der Waals surface area contributed by atoms with E-state index in [-0.39, 0.29) is 17.3 Å². The number of benzene rings is 3. The van der Waals surface area contributed by atoms with Crippen LogP contribution < -0.4 is 15.4 Å². The predicted octanol–water partition coefficient (Wildman–Crippen LogP) is 8.32. The van der Waals surface area contributed by atoms with Crippen molar-refractivity contribution >= 4 is 51.9 Å². The van der Waals surface area contributed by atoms with Gasteiger partial charge in [0.05, 0.1) is 23.5 Å². The number of aromatic nitrogens is 2. The van der Waals surface area contributed by atoms with E-state index < -0.39 is 10.8 Å². The van der Waals surface area contributed by atoms with E-state index in [1.54, 1.807) is 60.7 Å². The Hall–Kier alpha value is -4.39. The average Bonchev–Trinajstić information content (AvgIpc) is 2.93. The lowest BCUT2D eigenvalue weighted by Crippen LogP contribution is -2.07. The highest BCUT2D eigenvalue weighted by Crippen LogP contribution is 2.38. The minimum Gasteiger partial charge on any atom is -0.494 e. The van der Waals surface area contributed by atoms with Crippen LogP contribution in [0.2, 0.25) is 10.0 Å². The van der Waals surface area contributed by atoms with E-state index in [4.69, 9.17) is 27.9 Å². The van der Waals surface area contributed by atoms with E-state index in [1.807, 2.05) is 6.92 Å². The second-order valence-electron chi connectivity index (χ2n) is 8.96. The molecule has 0 aliphatic heterocycles. The van der Waals surface area contributed by atoms with Gasteiger partial charge in [-0.2, -0.15) is 5.26 Å². The number of hydrogen-bond acceptors (Lipinski definition) is 8. The van der Waals surface area contributed by atoms with Crippen molar-refractivity contribution in [1.82, 2.24) is 9.97 Å². The summed E-state index contributed by atoms with van der Waals surface area (Å²) in [5.41, 5.74) is 2.84. The zero-order valence-corrected chi connectivity index (χ0v) is 23.3. The lowest BCUT2D eigenvalue weighted by molar-refractivity contribution is -0.383. The summed E-state index contributed by atoms with van der Waals surface area (Å²) < 4.78 is 5.67. The Morgan fingerprint density at radius 1 is 1.05 bits per heavy atom. The molecule has 0 spiro atoms. The molecule has 0 aliphatic rings. The highest BCUT2D eigenvalue weighted by molar-refractivity contribution is 6.32. The standard InChI is InChI=1S/C29H26Cl2N6O3/c1-3-4-13-40-22-11-9-21(10-12-22)35-28-27(37(38)39)29(34-17-33-28)36-26-15-25(31)23(14-18(26)2)24(16-32)19-5-7-20(30)8-6-19/h5-12,14-15,17,24H,3-4,13H2,1-2H3,(H2,33,34,35,36). The second kappa shape index (κ2) is 13.1. The highest BCUT2D eigenvalue weighted by Gasteiger charge is 2.25. The van der Waals surface area contributed by atoms with Crippen molar-refractivity contribution in [2.45, 2.75) is 32.6 Å². The van der Waals surface area contributed by atoms with Gasteiger partial charge >= 0.3 is 5.69 Å². The van der Waals surface area contributed by atoms with Gasteiger partial charge in [0, 0.05) is 21.4 Å². The molecule has 0 aliphatic carbocycles. The molecule has 1 heterocycles. The van der Waals surface area contributed by atoms with Crippen LogP contribution in [0.4, 0.5) is 28.7 Å². The molecule has 40 heavy (non-hydrogen) atoms. The van der Waals surface area contributed by atoms with E-state index in [0.717, 1.165) is 24.0 Å². The fourth-order valence-corrected chi connectivity index (χ4v) is 4.41. The van der Waals surface area contributed by atoms with E-state index >= 15 is 0 Å². The number of rotatable bonds is 11. The van der Waals surface area contributed by atoms with Gasteiger partial charge in [0.15, 0.2) is 0 Å². The van der Waals surface area contributed by atoms with Crippen LogP contribution in [0.3, 0.4) is 0 Å². The first-order valence-electron chi connectivity index (χ1n) is 12.5. The number of nitro groups is 1. The van der Waals surface area contributed by atoms with Crippen molar-refractivity contribution < 1.29 is 9.66 Å². The van der Waals surface area contributed by atoms with E-state index in [2.05, 4.69) is 33.6 Å². The van der Waals surface area contributed by atoms with Gasteiger partial charge in [-0.1, -0.05) is 54.7 Å². The third-order valence-electron chi connectivity index (χ3n) is 6.13. The normalized spacial score (nSPS) is 11.4. The third kappa shape index (κ3) is 6.78. The number of hydrogen-bond donors (Lipinski definition) is 2. The predicted molar refractivity (Wildman–Crippen MR) is 157 cm³/mol. The van der Waals surface area contributed by atoms with Crippen molar-refractivity contribution in [1.29, 1.82) is 5.26 Å². The van der Waals surface area contributed by atoms with Crippen LogP contribution in [0.5, 0.6) is 5.75 Å². The van der Waals surface area contributed by atoms with E-state index in [9.17, 15) is 15.4 Å². The van der Waals surface area contributed by atoms with Gasteiger partial charge in [-0.25, -0.2) is 9.97 Å². The maximum Gasteiger partial charge on any atom is 0.353 e. The summed E-state index contributed by atoms with van der Waals surface area (Å²) in [5, 5.41) is 28.9. The summed E-state index contributed by atoms with van der Waals surface area (Å²) in [4.78, 5) is 19.8. The molecule has 1 aromatic heterocycles. The largest absolute Gasteiger partial charge is 0.494 e. The Kier molecular flexibility index (Phi) is 9.38. The molecule has 11 heteroatoms. The summed E-state index contributed by atoms with van der Waals surface area (Å²) in [6.07, 6.45) is 3.22. The van der Waals surface area contributed by atoms with Crippen LogP contribution in [0.15, 0.2) is 67.0 Å². The molecule has 1 unspecified atom stereocenters. The molecular formula is C29H26Cl2N6O3. The fourth-order valence-electron chi connectivity index (χ4n) is 4.01. The SMILES string of the molecule is CCCCOc1ccc(Nc2ncnc(Nc3cc(Cl)c(C(C#N)c4ccc(Cl)cc4)cc3C)c2[N+](=O)[O-])cc1. The Balaban J connectivity index is 1.60. The summed E-state index contributed by atoms with van der Waals surface area (Å²) in [5.74, 6) is 0.104. The van der Waals surface area contributed by atoms with Gasteiger partial charge in [-0.3, -0.25) is 10.1 Å². The van der Waals surface area contributed by atoms with Crippen LogP contribution in [0.1, 0.15) is 42.4 Å². The van der Waals surface area contributed by atoms with Crippen molar-refractivity contribution in [2.75, 3.05) is 17.2 Å². The topological polar surface area (TPSA) is 126 Å². The molecular weight excluding hydrogens is 551 g/mol. The van der Waals surface area contributed by atoms with Gasteiger partial charge in [-0.15, -0.1) is 0 Å². The number of halogens is 2. The number of aryl methyl sites for hydroxylation is 1. The van der Waals surface area contributed by atoms with Crippen LogP contribution >= 0.6 is 23.2 Å². The zero-order chi connectivity index (χ0) is 28.6. The Morgan fingerprint density at radius 2 is 1.73 bits per heavy atom. The minimum absolute atomic E-state index is 0.0107. The second-order valence-corrected chi connectivity index (χ2v) is 9.80. The Labute approximate surface area is 241 Å². The van der Waals surface area contributed by atoms with Gasteiger partial charge in [0.25, 0.3) is 0 Å². The maximum absolute atomic E-state index is 12.1. The molecule has 0 bridgehead atoms. The molecule has 4 aromatic rings. The molecule has 0 saturated carbocycles. The van der Waals surface area contributed by atoms with Gasteiger partial charge in [-0.05, 0) is 72.5 Å². The average molecular weight is 577 g/mol. The summed E-state index contributed by atoms with van der Waals surface area (Å²) in [6.45, 7) is 4.53. The molecule has 4 rings (SSSR count). The minimum atomic E-state index is -0.620. The molecule has 9 nitrogen and oxygen atoms in total. The summed E-state index contributed by atoms with van der Waals surface area (Å²) in [7, 11) is 0. The number of nitriles is 1. The molecule has 204 valence electrons. The van der Waals surface area contributed by atoms with Crippen LogP contribution in [-0.4, -0.2) is 21.5 Å². The highest BCUT2D eigenvalue weighted by atomic mass is 35.5. The Morgan fingerprint density at radius 3 is 2.35 bits per heavy atom. The number of nitrogens with zero attached hydrogens (tertiary/aromatic N) is 4. The van der Waals surface area contributed by atoms with Gasteiger partial charge in [0.2, 0.25) is 11.6 Å².